The number of hydrogen-bond acceptors (Lipinski definition) is 5. The predicted octanol–water partition coefficient (Wildman–Crippen LogP) is 1.36. The van der Waals surface area contributed by atoms with Crippen LogP contribution < -0.4 is 4.72 Å². The van der Waals surface area contributed by atoms with E-state index in [-0.39, 0.29) is 28.8 Å². The van der Waals surface area contributed by atoms with E-state index in [4.69, 9.17) is 4.74 Å². The van der Waals surface area contributed by atoms with E-state index in [1.807, 2.05) is 0 Å². The Balaban J connectivity index is 2.20. The molecule has 0 spiro atoms. The minimum absolute atomic E-state index is 0.0651. The van der Waals surface area contributed by atoms with Crippen LogP contribution in [-0.2, 0) is 14.8 Å². The second-order valence-corrected chi connectivity index (χ2v) is 6.38. The van der Waals surface area contributed by atoms with Crippen molar-refractivity contribution in [3.63, 3.8) is 0 Å². The molecule has 1 atom stereocenters. The van der Waals surface area contributed by atoms with E-state index in [0.29, 0.717) is 6.61 Å². The summed E-state index contributed by atoms with van der Waals surface area (Å²) >= 11 is 0. The van der Waals surface area contributed by atoms with Crippen molar-refractivity contribution in [1.82, 2.24) is 4.72 Å². The molecule has 0 radical (unpaired) electrons. The van der Waals surface area contributed by atoms with Gasteiger partial charge < -0.3 is 4.74 Å². The zero-order valence-corrected chi connectivity index (χ0v) is 11.9. The molecule has 0 saturated carbocycles. The lowest BCUT2D eigenvalue weighted by Gasteiger charge is -2.12. The smallest absolute Gasteiger partial charge is 0.273 e. The third-order valence-corrected chi connectivity index (χ3v) is 4.83. The lowest BCUT2D eigenvalue weighted by molar-refractivity contribution is -0.385. The first-order chi connectivity index (χ1) is 9.42. The number of benzene rings is 1. The highest BCUT2D eigenvalue weighted by Gasteiger charge is 2.24. The van der Waals surface area contributed by atoms with Crippen LogP contribution in [-0.4, -0.2) is 32.6 Å². The second kappa shape index (κ2) is 5.86. The molecular weight excluding hydrogens is 284 g/mol. The molecular formula is C12H16N2O5S. The average Bonchev–Trinajstić information content (AvgIpc) is 2.89. The van der Waals surface area contributed by atoms with Gasteiger partial charge in [0.1, 0.15) is 0 Å². The lowest BCUT2D eigenvalue weighted by atomic mass is 10.2. The van der Waals surface area contributed by atoms with Gasteiger partial charge in [0.2, 0.25) is 10.0 Å². The Labute approximate surface area is 117 Å². The van der Waals surface area contributed by atoms with Crippen LogP contribution >= 0.6 is 0 Å². The predicted molar refractivity (Wildman–Crippen MR) is 72.0 cm³/mol. The van der Waals surface area contributed by atoms with Crippen molar-refractivity contribution in [2.45, 2.75) is 30.8 Å². The number of hydrogen-bond donors (Lipinski definition) is 1. The van der Waals surface area contributed by atoms with Gasteiger partial charge in [-0.2, -0.15) is 0 Å². The summed E-state index contributed by atoms with van der Waals surface area (Å²) in [7, 11) is -3.77. The zero-order chi connectivity index (χ0) is 14.8. The minimum atomic E-state index is -3.77. The number of ether oxygens (including phenoxy) is 1. The normalized spacial score (nSPS) is 19.1. The van der Waals surface area contributed by atoms with Crippen LogP contribution in [0.5, 0.6) is 0 Å². The summed E-state index contributed by atoms with van der Waals surface area (Å²) in [6, 6.07) is 4.01. The highest BCUT2D eigenvalue weighted by molar-refractivity contribution is 7.89. The third kappa shape index (κ3) is 3.14. The maximum Gasteiger partial charge on any atom is 0.273 e. The summed E-state index contributed by atoms with van der Waals surface area (Å²) < 4.78 is 32.2. The molecule has 1 aromatic rings. The molecule has 110 valence electrons. The van der Waals surface area contributed by atoms with Crippen molar-refractivity contribution in [3.05, 3.63) is 33.9 Å². The zero-order valence-electron chi connectivity index (χ0n) is 11.0. The van der Waals surface area contributed by atoms with Crippen LogP contribution in [0.15, 0.2) is 23.1 Å². The van der Waals surface area contributed by atoms with Crippen LogP contribution in [0.4, 0.5) is 5.69 Å². The molecule has 0 aromatic heterocycles. The summed E-state index contributed by atoms with van der Waals surface area (Å²) in [6.07, 6.45) is 1.61. The van der Waals surface area contributed by atoms with Gasteiger partial charge in [0.25, 0.3) is 5.69 Å². The second-order valence-electron chi connectivity index (χ2n) is 4.64. The molecule has 2 rings (SSSR count). The first kappa shape index (κ1) is 14.9. The van der Waals surface area contributed by atoms with E-state index >= 15 is 0 Å². The average molecular weight is 300 g/mol. The molecule has 0 bridgehead atoms. The van der Waals surface area contributed by atoms with Crippen LogP contribution in [0.3, 0.4) is 0 Å². The summed E-state index contributed by atoms with van der Waals surface area (Å²) in [6.45, 7) is 2.26. The first-order valence-electron chi connectivity index (χ1n) is 6.27. The van der Waals surface area contributed by atoms with E-state index in [2.05, 4.69) is 4.72 Å². The van der Waals surface area contributed by atoms with Gasteiger partial charge in [-0.15, -0.1) is 0 Å². The van der Waals surface area contributed by atoms with E-state index < -0.39 is 14.9 Å². The fourth-order valence-corrected chi connectivity index (χ4v) is 3.50. The van der Waals surface area contributed by atoms with Crippen molar-refractivity contribution < 1.29 is 18.1 Å². The molecule has 0 aliphatic carbocycles. The SMILES string of the molecule is Cc1c([N+](=O)[O-])cccc1S(=O)(=O)NC[C@@H]1CCCO1. The summed E-state index contributed by atoms with van der Waals surface area (Å²) in [5.74, 6) is 0. The summed E-state index contributed by atoms with van der Waals surface area (Å²) in [5.41, 5.74) is -0.0673. The number of nitro benzene ring substituents is 1. The van der Waals surface area contributed by atoms with Gasteiger partial charge in [0.05, 0.1) is 15.9 Å². The van der Waals surface area contributed by atoms with Crippen molar-refractivity contribution in [3.8, 4) is 0 Å². The van der Waals surface area contributed by atoms with Crippen LogP contribution in [0.1, 0.15) is 18.4 Å². The highest BCUT2D eigenvalue weighted by atomic mass is 32.2. The lowest BCUT2D eigenvalue weighted by Crippen LogP contribution is -2.32. The van der Waals surface area contributed by atoms with Crippen molar-refractivity contribution in [2.75, 3.05) is 13.2 Å². The fraction of sp³-hybridized carbons (Fsp3) is 0.500. The van der Waals surface area contributed by atoms with Gasteiger partial charge in [-0.1, -0.05) is 6.07 Å². The van der Waals surface area contributed by atoms with Gasteiger partial charge in [0.15, 0.2) is 0 Å². The summed E-state index contributed by atoms with van der Waals surface area (Å²) in [4.78, 5) is 10.2. The number of nitro groups is 1. The van der Waals surface area contributed by atoms with E-state index in [0.717, 1.165) is 12.8 Å². The van der Waals surface area contributed by atoms with Gasteiger partial charge >= 0.3 is 0 Å². The Morgan fingerprint density at radius 2 is 2.25 bits per heavy atom. The maximum atomic E-state index is 12.2. The van der Waals surface area contributed by atoms with Gasteiger partial charge in [-0.25, -0.2) is 13.1 Å². The quantitative estimate of drug-likeness (QED) is 0.654. The molecule has 20 heavy (non-hydrogen) atoms. The highest BCUT2D eigenvalue weighted by Crippen LogP contribution is 2.24. The first-order valence-corrected chi connectivity index (χ1v) is 7.75. The minimum Gasteiger partial charge on any atom is -0.377 e. The topological polar surface area (TPSA) is 98.5 Å². The van der Waals surface area contributed by atoms with E-state index in [1.54, 1.807) is 0 Å². The van der Waals surface area contributed by atoms with Gasteiger partial charge in [0, 0.05) is 24.8 Å². The molecule has 1 fully saturated rings. The molecule has 0 unspecified atom stereocenters. The Morgan fingerprint density at radius 3 is 2.85 bits per heavy atom. The molecule has 1 aromatic carbocycles. The number of nitrogens with one attached hydrogen (secondary N) is 1. The maximum absolute atomic E-state index is 12.2. The Morgan fingerprint density at radius 1 is 1.50 bits per heavy atom. The monoisotopic (exact) mass is 300 g/mol. The van der Waals surface area contributed by atoms with Gasteiger partial charge in [-0.05, 0) is 25.8 Å². The Hall–Kier alpha value is -1.51. The summed E-state index contributed by atoms with van der Waals surface area (Å²) in [5, 5.41) is 10.8. The van der Waals surface area contributed by atoms with Crippen molar-refractivity contribution in [2.24, 2.45) is 0 Å². The van der Waals surface area contributed by atoms with Crippen molar-refractivity contribution >= 4 is 15.7 Å². The van der Waals surface area contributed by atoms with Crippen LogP contribution in [0, 0.1) is 17.0 Å². The van der Waals surface area contributed by atoms with Gasteiger partial charge in [-0.3, -0.25) is 10.1 Å². The number of rotatable bonds is 5. The van der Waals surface area contributed by atoms with Crippen LogP contribution in [0.2, 0.25) is 0 Å². The Bertz CT molecular complexity index is 608. The molecule has 7 nitrogen and oxygen atoms in total. The van der Waals surface area contributed by atoms with E-state index in [9.17, 15) is 18.5 Å². The number of nitrogens with zero attached hydrogens (tertiary/aromatic N) is 1. The van der Waals surface area contributed by atoms with Crippen molar-refractivity contribution in [1.29, 1.82) is 0 Å². The molecule has 1 saturated heterocycles. The van der Waals surface area contributed by atoms with Crippen LogP contribution in [0.25, 0.3) is 0 Å². The molecule has 1 aliphatic heterocycles. The largest absolute Gasteiger partial charge is 0.377 e. The van der Waals surface area contributed by atoms with E-state index in [1.165, 1.54) is 25.1 Å². The molecule has 1 heterocycles. The fourth-order valence-electron chi connectivity index (χ4n) is 2.18. The molecule has 1 N–H and O–H groups in total. The molecule has 8 heteroatoms. The molecule has 1 aliphatic rings. The Kier molecular flexibility index (Phi) is 4.36. The molecule has 0 amide bonds. The number of sulfonamides is 1. The third-order valence-electron chi connectivity index (χ3n) is 3.27. The standard InChI is InChI=1S/C12H16N2O5S/c1-9-11(14(15)16)5-2-6-12(9)20(17,18)13-8-10-4-3-7-19-10/h2,5-6,10,13H,3-4,7-8H2,1H3/t10-/m0/s1.